The minimum Gasteiger partial charge on any atom is -0.462 e. The van der Waals surface area contributed by atoms with E-state index in [0.717, 1.165) is 25.9 Å². The molecule has 0 spiro atoms. The van der Waals surface area contributed by atoms with Crippen LogP contribution in [-0.2, 0) is 4.74 Å². The van der Waals surface area contributed by atoms with Gasteiger partial charge in [-0.2, -0.15) is 0 Å². The molecular formula is C14H21N3O2. The first-order valence-electron chi connectivity index (χ1n) is 6.78. The Morgan fingerprint density at radius 1 is 1.63 bits per heavy atom. The highest BCUT2D eigenvalue weighted by Gasteiger charge is 2.20. The van der Waals surface area contributed by atoms with Gasteiger partial charge in [-0.25, -0.2) is 9.78 Å². The highest BCUT2D eigenvalue weighted by Crippen LogP contribution is 2.18. The number of likely N-dealkylation sites (N-methyl/N-ethyl adjacent to an activating group) is 1. The summed E-state index contributed by atoms with van der Waals surface area (Å²) in [7, 11) is 2.11. The number of esters is 1. The molecule has 1 atom stereocenters. The zero-order chi connectivity index (χ0) is 13.7. The molecule has 1 fully saturated rings. The van der Waals surface area contributed by atoms with Crippen molar-refractivity contribution >= 4 is 11.8 Å². The molecule has 2 heterocycles. The molecule has 1 saturated heterocycles. The Bertz CT molecular complexity index is 436. The van der Waals surface area contributed by atoms with Gasteiger partial charge in [0.05, 0.1) is 6.61 Å². The number of likely N-dealkylation sites (tertiary alicyclic amines) is 1. The number of ether oxygens (including phenoxy) is 1. The number of piperidine rings is 1. The lowest BCUT2D eigenvalue weighted by molar-refractivity contribution is 0.0527. The quantitative estimate of drug-likeness (QED) is 0.839. The largest absolute Gasteiger partial charge is 0.462 e. The fourth-order valence-electron chi connectivity index (χ4n) is 2.37. The summed E-state index contributed by atoms with van der Waals surface area (Å²) in [6.07, 6.45) is 3.95. The number of nitrogens with one attached hydrogen (secondary N) is 1. The first-order chi connectivity index (χ1) is 9.20. The Hall–Kier alpha value is -1.62. The van der Waals surface area contributed by atoms with E-state index >= 15 is 0 Å². The summed E-state index contributed by atoms with van der Waals surface area (Å²) in [4.78, 5) is 18.4. The van der Waals surface area contributed by atoms with E-state index in [1.165, 1.54) is 0 Å². The van der Waals surface area contributed by atoms with Gasteiger partial charge in [-0.05, 0) is 45.5 Å². The Morgan fingerprint density at radius 3 is 3.21 bits per heavy atom. The molecule has 1 unspecified atom stereocenters. The van der Waals surface area contributed by atoms with Gasteiger partial charge in [-0.1, -0.05) is 0 Å². The topological polar surface area (TPSA) is 54.5 Å². The molecule has 0 saturated carbocycles. The van der Waals surface area contributed by atoms with Crippen LogP contribution >= 0.6 is 0 Å². The van der Waals surface area contributed by atoms with Crippen LogP contribution in [0.2, 0.25) is 0 Å². The number of hydrogen-bond acceptors (Lipinski definition) is 5. The van der Waals surface area contributed by atoms with Crippen molar-refractivity contribution in [3.05, 3.63) is 23.9 Å². The second-order valence-electron chi connectivity index (χ2n) is 4.87. The molecule has 1 aromatic heterocycles. The van der Waals surface area contributed by atoms with E-state index in [2.05, 4.69) is 22.2 Å². The summed E-state index contributed by atoms with van der Waals surface area (Å²) >= 11 is 0. The van der Waals surface area contributed by atoms with Crippen molar-refractivity contribution in [2.75, 3.05) is 32.1 Å². The second kappa shape index (κ2) is 6.52. The smallest absolute Gasteiger partial charge is 0.341 e. The van der Waals surface area contributed by atoms with Crippen LogP contribution in [0, 0.1) is 0 Å². The number of carbonyl (C=O) groups excluding carboxylic acids is 1. The maximum absolute atomic E-state index is 11.9. The van der Waals surface area contributed by atoms with E-state index in [9.17, 15) is 4.79 Å². The molecule has 0 aromatic carbocycles. The minimum atomic E-state index is -0.317. The fraction of sp³-hybridized carbons (Fsp3) is 0.571. The molecule has 1 aliphatic rings. The van der Waals surface area contributed by atoms with Crippen LogP contribution in [0.3, 0.4) is 0 Å². The Labute approximate surface area is 114 Å². The molecule has 0 amide bonds. The van der Waals surface area contributed by atoms with Crippen molar-refractivity contribution in [3.8, 4) is 0 Å². The number of carbonyl (C=O) groups is 1. The molecule has 1 N–H and O–H groups in total. The lowest BCUT2D eigenvalue weighted by Gasteiger charge is -2.30. The molecule has 0 bridgehead atoms. The molecule has 5 heteroatoms. The Kier molecular flexibility index (Phi) is 4.74. The van der Waals surface area contributed by atoms with E-state index < -0.39 is 0 Å². The van der Waals surface area contributed by atoms with Gasteiger partial charge in [-0.15, -0.1) is 0 Å². The van der Waals surface area contributed by atoms with E-state index in [1.54, 1.807) is 25.3 Å². The van der Waals surface area contributed by atoms with Crippen LogP contribution in [0.1, 0.15) is 30.1 Å². The van der Waals surface area contributed by atoms with Crippen LogP contribution < -0.4 is 5.32 Å². The third-order valence-corrected chi connectivity index (χ3v) is 3.27. The maximum atomic E-state index is 11.9. The normalized spacial score (nSPS) is 20.0. The van der Waals surface area contributed by atoms with Crippen LogP contribution in [0.4, 0.5) is 5.82 Å². The lowest BCUT2D eigenvalue weighted by atomic mass is 10.1. The van der Waals surface area contributed by atoms with Gasteiger partial charge in [0.15, 0.2) is 0 Å². The van der Waals surface area contributed by atoms with Crippen molar-refractivity contribution in [1.29, 1.82) is 0 Å². The first kappa shape index (κ1) is 13.8. The zero-order valence-electron chi connectivity index (χ0n) is 11.6. The average Bonchev–Trinajstić information content (AvgIpc) is 2.39. The standard InChI is InChI=1S/C14H21N3O2/c1-3-19-14(18)12-7-4-8-15-13(12)16-11-6-5-9-17(2)10-11/h4,7-8,11H,3,5-6,9-10H2,1-2H3,(H,15,16). The van der Waals surface area contributed by atoms with E-state index in [4.69, 9.17) is 4.74 Å². The monoisotopic (exact) mass is 263 g/mol. The van der Waals surface area contributed by atoms with Crippen LogP contribution in [0.5, 0.6) is 0 Å². The summed E-state index contributed by atoms with van der Waals surface area (Å²) in [5.74, 6) is 0.309. The van der Waals surface area contributed by atoms with Gasteiger partial charge in [0, 0.05) is 18.8 Å². The number of aromatic nitrogens is 1. The number of hydrogen-bond donors (Lipinski definition) is 1. The van der Waals surface area contributed by atoms with Crippen LogP contribution in [0.15, 0.2) is 18.3 Å². The minimum absolute atomic E-state index is 0.317. The van der Waals surface area contributed by atoms with Crippen LogP contribution in [-0.4, -0.2) is 48.6 Å². The highest BCUT2D eigenvalue weighted by molar-refractivity contribution is 5.94. The van der Waals surface area contributed by atoms with Crippen molar-refractivity contribution in [2.24, 2.45) is 0 Å². The average molecular weight is 263 g/mol. The van der Waals surface area contributed by atoms with E-state index in [0.29, 0.717) is 24.0 Å². The maximum Gasteiger partial charge on any atom is 0.341 e. The van der Waals surface area contributed by atoms with Gasteiger partial charge in [0.1, 0.15) is 11.4 Å². The summed E-state index contributed by atoms with van der Waals surface area (Å²) in [6, 6.07) is 3.84. The lowest BCUT2D eigenvalue weighted by Crippen LogP contribution is -2.40. The predicted molar refractivity (Wildman–Crippen MR) is 74.3 cm³/mol. The third kappa shape index (κ3) is 3.67. The van der Waals surface area contributed by atoms with Gasteiger partial charge in [0.25, 0.3) is 0 Å². The van der Waals surface area contributed by atoms with Crippen molar-refractivity contribution in [1.82, 2.24) is 9.88 Å². The summed E-state index contributed by atoms with van der Waals surface area (Å²) in [5.41, 5.74) is 0.512. The third-order valence-electron chi connectivity index (χ3n) is 3.27. The number of rotatable bonds is 4. The molecule has 104 valence electrons. The zero-order valence-corrected chi connectivity index (χ0v) is 11.6. The van der Waals surface area contributed by atoms with Gasteiger partial charge < -0.3 is 15.0 Å². The van der Waals surface area contributed by atoms with Crippen molar-refractivity contribution in [2.45, 2.75) is 25.8 Å². The molecule has 19 heavy (non-hydrogen) atoms. The Morgan fingerprint density at radius 2 is 2.47 bits per heavy atom. The predicted octanol–water partition coefficient (Wildman–Crippen LogP) is 1.76. The molecule has 2 rings (SSSR count). The molecule has 1 aliphatic heterocycles. The summed E-state index contributed by atoms with van der Waals surface area (Å²) in [5, 5.41) is 3.37. The summed E-state index contributed by atoms with van der Waals surface area (Å²) in [6.45, 7) is 4.28. The molecule has 1 aromatic rings. The van der Waals surface area contributed by atoms with Crippen molar-refractivity contribution < 1.29 is 9.53 Å². The van der Waals surface area contributed by atoms with Gasteiger partial charge in [-0.3, -0.25) is 0 Å². The SMILES string of the molecule is CCOC(=O)c1cccnc1NC1CCCN(C)C1. The molecule has 0 aliphatic carbocycles. The molecular weight excluding hydrogens is 242 g/mol. The number of nitrogens with zero attached hydrogens (tertiary/aromatic N) is 2. The Balaban J connectivity index is 2.09. The van der Waals surface area contributed by atoms with Crippen LogP contribution in [0.25, 0.3) is 0 Å². The van der Waals surface area contributed by atoms with E-state index in [-0.39, 0.29) is 5.97 Å². The molecule has 5 nitrogen and oxygen atoms in total. The van der Waals surface area contributed by atoms with Gasteiger partial charge >= 0.3 is 5.97 Å². The number of anilines is 1. The van der Waals surface area contributed by atoms with Crippen molar-refractivity contribution in [3.63, 3.8) is 0 Å². The fourth-order valence-corrected chi connectivity index (χ4v) is 2.37. The number of pyridine rings is 1. The van der Waals surface area contributed by atoms with E-state index in [1.807, 2.05) is 0 Å². The molecule has 0 radical (unpaired) electrons. The highest BCUT2D eigenvalue weighted by atomic mass is 16.5. The first-order valence-corrected chi connectivity index (χ1v) is 6.78. The van der Waals surface area contributed by atoms with Gasteiger partial charge in [0.2, 0.25) is 0 Å². The summed E-state index contributed by atoms with van der Waals surface area (Å²) < 4.78 is 5.05. The second-order valence-corrected chi connectivity index (χ2v) is 4.87.